The lowest BCUT2D eigenvalue weighted by atomic mass is 10.1. The first kappa shape index (κ1) is 18.6. The quantitative estimate of drug-likeness (QED) is 0.372. The van der Waals surface area contributed by atoms with E-state index in [9.17, 15) is 14.9 Å². The van der Waals surface area contributed by atoms with Crippen molar-refractivity contribution < 1.29 is 9.72 Å². The zero-order valence-electron chi connectivity index (χ0n) is 15.0. The van der Waals surface area contributed by atoms with Crippen molar-refractivity contribution in [2.24, 2.45) is 0 Å². The Hall–Kier alpha value is -3.71. The van der Waals surface area contributed by atoms with Crippen LogP contribution < -0.4 is 5.32 Å². The number of H-pyrrole nitrogens is 1. The molecule has 1 amide bonds. The Bertz CT molecular complexity index is 1170. The van der Waals surface area contributed by atoms with Crippen molar-refractivity contribution in [1.29, 1.82) is 0 Å². The van der Waals surface area contributed by atoms with E-state index in [2.05, 4.69) is 15.3 Å². The second-order valence-corrected chi connectivity index (χ2v) is 6.79. The van der Waals surface area contributed by atoms with Gasteiger partial charge in [-0.05, 0) is 29.8 Å². The number of hydrogen-bond donors (Lipinski definition) is 2. The van der Waals surface area contributed by atoms with E-state index < -0.39 is 16.9 Å². The fourth-order valence-electron chi connectivity index (χ4n) is 3.07. The smallest absolute Gasteiger partial charge is 0.288 e. The van der Waals surface area contributed by atoms with E-state index in [4.69, 9.17) is 11.6 Å². The highest BCUT2D eigenvalue weighted by molar-refractivity contribution is 6.32. The van der Waals surface area contributed by atoms with E-state index in [-0.39, 0.29) is 16.3 Å². The molecule has 1 aromatic heterocycles. The maximum absolute atomic E-state index is 12.9. The molecule has 0 aliphatic rings. The number of carbonyl (C=O) groups excluding carboxylic acids is 1. The Morgan fingerprint density at radius 1 is 1.07 bits per heavy atom. The van der Waals surface area contributed by atoms with Gasteiger partial charge in [0.2, 0.25) is 0 Å². The highest BCUT2D eigenvalue weighted by atomic mass is 35.5. The lowest BCUT2D eigenvalue weighted by Gasteiger charge is -2.17. The Morgan fingerprint density at radius 3 is 2.52 bits per heavy atom. The van der Waals surface area contributed by atoms with Crippen LogP contribution in [0.15, 0.2) is 72.8 Å². The summed E-state index contributed by atoms with van der Waals surface area (Å²) >= 11 is 5.85. The molecule has 0 saturated heterocycles. The predicted octanol–water partition coefficient (Wildman–Crippen LogP) is 4.64. The lowest BCUT2D eigenvalue weighted by Crippen LogP contribution is -2.30. The fourth-order valence-corrected chi connectivity index (χ4v) is 3.26. The Balaban J connectivity index is 1.72. The molecule has 8 heteroatoms. The summed E-state index contributed by atoms with van der Waals surface area (Å²) in [5.74, 6) is 0.0910. The van der Waals surface area contributed by atoms with Crippen LogP contribution in [-0.2, 0) is 0 Å². The van der Waals surface area contributed by atoms with Crippen molar-refractivity contribution >= 4 is 34.2 Å². The summed E-state index contributed by atoms with van der Waals surface area (Å²) in [5.41, 5.74) is 2.26. The number of aromatic nitrogens is 2. The maximum atomic E-state index is 12.9. The lowest BCUT2D eigenvalue weighted by molar-refractivity contribution is -0.384. The van der Waals surface area contributed by atoms with Crippen LogP contribution in [0.25, 0.3) is 11.0 Å². The summed E-state index contributed by atoms with van der Waals surface area (Å²) in [5, 5.41) is 14.0. The normalized spacial score (nSPS) is 11.9. The molecule has 0 fully saturated rings. The standard InChI is InChI=1S/C21H15ClN4O3/c22-15-11-10-14(12-18(15)26(28)29)21(27)25-19(13-6-2-1-3-7-13)20-23-16-8-4-5-9-17(16)24-20/h1-12,19H,(H,23,24)(H,25,27). The highest BCUT2D eigenvalue weighted by Gasteiger charge is 2.23. The van der Waals surface area contributed by atoms with Crippen LogP contribution in [0.4, 0.5) is 5.69 Å². The molecule has 0 aliphatic heterocycles. The number of rotatable bonds is 5. The number of aromatic amines is 1. The average Bonchev–Trinajstić information content (AvgIpc) is 3.16. The molecular weight excluding hydrogens is 392 g/mol. The zero-order chi connectivity index (χ0) is 20.4. The number of nitro benzene ring substituents is 1. The molecule has 7 nitrogen and oxygen atoms in total. The third-order valence-corrected chi connectivity index (χ3v) is 4.81. The third-order valence-electron chi connectivity index (χ3n) is 4.49. The molecule has 2 N–H and O–H groups in total. The molecule has 29 heavy (non-hydrogen) atoms. The number of imidazole rings is 1. The number of fused-ring (bicyclic) bond motifs is 1. The number of para-hydroxylation sites is 2. The van der Waals surface area contributed by atoms with Crippen LogP contribution in [0.3, 0.4) is 0 Å². The highest BCUT2D eigenvalue weighted by Crippen LogP contribution is 2.27. The molecule has 1 heterocycles. The predicted molar refractivity (Wildman–Crippen MR) is 110 cm³/mol. The largest absolute Gasteiger partial charge is 0.340 e. The van der Waals surface area contributed by atoms with Gasteiger partial charge in [-0.1, -0.05) is 54.1 Å². The van der Waals surface area contributed by atoms with Gasteiger partial charge in [0.1, 0.15) is 16.9 Å². The van der Waals surface area contributed by atoms with E-state index in [1.165, 1.54) is 18.2 Å². The Labute approximate surface area is 170 Å². The summed E-state index contributed by atoms with van der Waals surface area (Å²) < 4.78 is 0. The molecule has 0 aliphatic carbocycles. The van der Waals surface area contributed by atoms with Crippen molar-refractivity contribution in [2.75, 3.05) is 0 Å². The number of halogens is 1. The molecule has 144 valence electrons. The molecule has 1 atom stereocenters. The van der Waals surface area contributed by atoms with Gasteiger partial charge in [-0.15, -0.1) is 0 Å². The van der Waals surface area contributed by atoms with Gasteiger partial charge in [-0.2, -0.15) is 0 Å². The molecule has 1 unspecified atom stereocenters. The summed E-state index contributed by atoms with van der Waals surface area (Å²) in [6.07, 6.45) is 0. The molecule has 0 saturated carbocycles. The van der Waals surface area contributed by atoms with Gasteiger partial charge >= 0.3 is 0 Å². The molecule has 0 bridgehead atoms. The summed E-state index contributed by atoms with van der Waals surface area (Å²) in [7, 11) is 0. The topological polar surface area (TPSA) is 101 Å². The van der Waals surface area contributed by atoms with Gasteiger partial charge in [-0.3, -0.25) is 14.9 Å². The Morgan fingerprint density at radius 2 is 1.79 bits per heavy atom. The second kappa shape index (κ2) is 7.73. The van der Waals surface area contributed by atoms with E-state index in [1.807, 2.05) is 54.6 Å². The van der Waals surface area contributed by atoms with E-state index in [0.717, 1.165) is 16.6 Å². The second-order valence-electron chi connectivity index (χ2n) is 6.38. The summed E-state index contributed by atoms with van der Waals surface area (Å²) in [6, 6.07) is 20.3. The van der Waals surface area contributed by atoms with E-state index >= 15 is 0 Å². The van der Waals surface area contributed by atoms with E-state index in [1.54, 1.807) is 0 Å². The van der Waals surface area contributed by atoms with Crippen molar-refractivity contribution in [3.05, 3.63) is 105 Å². The molecular formula is C21H15ClN4O3. The van der Waals surface area contributed by atoms with Gasteiger partial charge in [-0.25, -0.2) is 4.98 Å². The number of hydrogen-bond acceptors (Lipinski definition) is 4. The number of amides is 1. The van der Waals surface area contributed by atoms with Crippen molar-refractivity contribution in [2.45, 2.75) is 6.04 Å². The van der Waals surface area contributed by atoms with Crippen LogP contribution in [0, 0.1) is 10.1 Å². The fraction of sp³-hybridized carbons (Fsp3) is 0.0476. The first-order valence-electron chi connectivity index (χ1n) is 8.77. The summed E-state index contributed by atoms with van der Waals surface area (Å²) in [6.45, 7) is 0. The van der Waals surface area contributed by atoms with Crippen LogP contribution in [0.2, 0.25) is 5.02 Å². The van der Waals surface area contributed by atoms with Gasteiger partial charge in [0.05, 0.1) is 16.0 Å². The van der Waals surface area contributed by atoms with Crippen LogP contribution >= 0.6 is 11.6 Å². The van der Waals surface area contributed by atoms with Crippen LogP contribution in [-0.4, -0.2) is 20.8 Å². The monoisotopic (exact) mass is 406 g/mol. The molecule has 4 rings (SSSR count). The number of nitrogens with one attached hydrogen (secondary N) is 2. The van der Waals surface area contributed by atoms with Gasteiger partial charge < -0.3 is 10.3 Å². The summed E-state index contributed by atoms with van der Waals surface area (Å²) in [4.78, 5) is 31.2. The SMILES string of the molecule is O=C(NC(c1ccccc1)c1nc2ccccc2[nH]1)c1ccc(Cl)c([N+](=O)[O-])c1. The van der Waals surface area contributed by atoms with Crippen molar-refractivity contribution in [3.63, 3.8) is 0 Å². The first-order chi connectivity index (χ1) is 14.0. The van der Waals surface area contributed by atoms with Crippen LogP contribution in [0.5, 0.6) is 0 Å². The van der Waals surface area contributed by atoms with Crippen LogP contribution in [0.1, 0.15) is 27.8 Å². The van der Waals surface area contributed by atoms with Gasteiger partial charge in [0, 0.05) is 11.6 Å². The minimum Gasteiger partial charge on any atom is -0.340 e. The number of carbonyl (C=O) groups is 1. The van der Waals surface area contributed by atoms with Crippen molar-refractivity contribution in [3.8, 4) is 0 Å². The molecule has 0 radical (unpaired) electrons. The number of benzene rings is 3. The number of nitrogens with zero attached hydrogens (tertiary/aromatic N) is 2. The van der Waals surface area contributed by atoms with Crippen molar-refractivity contribution in [1.82, 2.24) is 15.3 Å². The average molecular weight is 407 g/mol. The van der Waals surface area contributed by atoms with Gasteiger partial charge in [0.15, 0.2) is 0 Å². The first-order valence-corrected chi connectivity index (χ1v) is 9.15. The molecule has 4 aromatic rings. The third kappa shape index (κ3) is 3.81. The minimum atomic E-state index is -0.618. The van der Waals surface area contributed by atoms with E-state index in [0.29, 0.717) is 5.82 Å². The minimum absolute atomic E-state index is 0.0246. The van der Waals surface area contributed by atoms with Gasteiger partial charge in [0.25, 0.3) is 11.6 Å². The maximum Gasteiger partial charge on any atom is 0.288 e. The Kier molecular flexibility index (Phi) is 4.97. The zero-order valence-corrected chi connectivity index (χ0v) is 15.8. The number of nitro groups is 1. The molecule has 3 aromatic carbocycles. The molecule has 0 spiro atoms.